The van der Waals surface area contributed by atoms with E-state index in [1.165, 1.54) is 58.0 Å². The average Bonchev–Trinajstić information content (AvgIpc) is 2.58. The van der Waals surface area contributed by atoms with Gasteiger partial charge >= 0.3 is 0 Å². The van der Waals surface area contributed by atoms with Gasteiger partial charge in [0.05, 0.1) is 0 Å². The van der Waals surface area contributed by atoms with Crippen LogP contribution in [0.5, 0.6) is 0 Å². The topological polar surface area (TPSA) is 3.24 Å². The molecule has 1 aliphatic heterocycles. The van der Waals surface area contributed by atoms with Gasteiger partial charge in [-0.2, -0.15) is 0 Å². The zero-order valence-corrected chi connectivity index (χ0v) is 7.39. The van der Waals surface area contributed by atoms with Gasteiger partial charge < -0.3 is 4.90 Å². The van der Waals surface area contributed by atoms with E-state index >= 15 is 0 Å². The minimum atomic E-state index is 0.978. The van der Waals surface area contributed by atoms with Gasteiger partial charge in [-0.05, 0) is 38.8 Å². The van der Waals surface area contributed by atoms with Crippen LogP contribution in [0.25, 0.3) is 0 Å². The van der Waals surface area contributed by atoms with Crippen LogP contribution in [0.1, 0.15) is 44.9 Å². The molecule has 2 rings (SSSR count). The van der Waals surface area contributed by atoms with Crippen LogP contribution in [0, 0.1) is 0 Å². The fourth-order valence-electron chi connectivity index (χ4n) is 2.55. The number of hydrogen-bond acceptors (Lipinski definition) is 1. The maximum Gasteiger partial charge on any atom is 0.00952 e. The molecule has 64 valence electrons. The van der Waals surface area contributed by atoms with E-state index in [0.717, 1.165) is 6.04 Å². The van der Waals surface area contributed by atoms with Crippen LogP contribution >= 0.6 is 0 Å². The average molecular weight is 153 g/mol. The molecule has 2 aliphatic rings. The lowest BCUT2D eigenvalue weighted by atomic mass is 9.94. The van der Waals surface area contributed by atoms with Crippen molar-refractivity contribution in [2.45, 2.75) is 51.0 Å². The Hall–Kier alpha value is -0.0400. The van der Waals surface area contributed by atoms with Gasteiger partial charge in [-0.1, -0.05) is 19.3 Å². The van der Waals surface area contributed by atoms with Crippen molar-refractivity contribution in [3.63, 3.8) is 0 Å². The largest absolute Gasteiger partial charge is 0.300 e. The fraction of sp³-hybridized carbons (Fsp3) is 1.00. The highest BCUT2D eigenvalue weighted by Crippen LogP contribution is 2.25. The molecule has 0 amide bonds. The van der Waals surface area contributed by atoms with Crippen molar-refractivity contribution in [2.24, 2.45) is 0 Å². The molecule has 2 fully saturated rings. The van der Waals surface area contributed by atoms with Crippen molar-refractivity contribution < 1.29 is 0 Å². The third-order valence-electron chi connectivity index (χ3n) is 3.23. The molecule has 0 spiro atoms. The number of rotatable bonds is 1. The van der Waals surface area contributed by atoms with Gasteiger partial charge in [0.15, 0.2) is 0 Å². The summed E-state index contributed by atoms with van der Waals surface area (Å²) in [5, 5.41) is 0. The summed E-state index contributed by atoms with van der Waals surface area (Å²) in [6.45, 7) is 2.79. The summed E-state index contributed by atoms with van der Waals surface area (Å²) in [5.74, 6) is 0. The fourth-order valence-corrected chi connectivity index (χ4v) is 2.55. The lowest BCUT2D eigenvalue weighted by Crippen LogP contribution is -2.34. The molecular weight excluding hydrogens is 134 g/mol. The smallest absolute Gasteiger partial charge is 0.00952 e. The summed E-state index contributed by atoms with van der Waals surface area (Å²) in [4.78, 5) is 2.72. The molecular formula is C10H19N. The molecule has 1 saturated heterocycles. The van der Waals surface area contributed by atoms with Gasteiger partial charge in [0.1, 0.15) is 0 Å². The monoisotopic (exact) mass is 153 g/mol. The summed E-state index contributed by atoms with van der Waals surface area (Å²) in [6.07, 6.45) is 10.3. The summed E-state index contributed by atoms with van der Waals surface area (Å²) in [7, 11) is 0. The molecule has 1 heteroatoms. The zero-order chi connectivity index (χ0) is 7.52. The van der Waals surface area contributed by atoms with Crippen LogP contribution in [-0.4, -0.2) is 24.0 Å². The second kappa shape index (κ2) is 3.57. The van der Waals surface area contributed by atoms with Crippen LogP contribution < -0.4 is 0 Å². The molecule has 1 aliphatic carbocycles. The first-order chi connectivity index (χ1) is 5.47. The third-order valence-corrected chi connectivity index (χ3v) is 3.23. The Labute approximate surface area is 69.8 Å². The van der Waals surface area contributed by atoms with E-state index in [1.54, 1.807) is 0 Å². The number of likely N-dealkylation sites (tertiary alicyclic amines) is 1. The summed E-state index contributed by atoms with van der Waals surface area (Å²) >= 11 is 0. The van der Waals surface area contributed by atoms with E-state index in [4.69, 9.17) is 0 Å². The Morgan fingerprint density at radius 3 is 2.00 bits per heavy atom. The van der Waals surface area contributed by atoms with Crippen molar-refractivity contribution in [3.05, 3.63) is 0 Å². The Balaban J connectivity index is 1.82. The van der Waals surface area contributed by atoms with Crippen molar-refractivity contribution in [3.8, 4) is 0 Å². The third kappa shape index (κ3) is 1.76. The molecule has 1 heterocycles. The van der Waals surface area contributed by atoms with Gasteiger partial charge in [0.25, 0.3) is 0 Å². The Kier molecular flexibility index (Phi) is 2.47. The van der Waals surface area contributed by atoms with Gasteiger partial charge in [-0.25, -0.2) is 0 Å². The Morgan fingerprint density at radius 2 is 1.36 bits per heavy atom. The Bertz CT molecular complexity index is 110. The SMILES string of the molecule is C1CCC(N2CCCC2)CC1. The highest BCUT2D eigenvalue weighted by Gasteiger charge is 2.22. The second-order valence-corrected chi connectivity index (χ2v) is 4.03. The second-order valence-electron chi connectivity index (χ2n) is 4.03. The Morgan fingerprint density at radius 1 is 0.727 bits per heavy atom. The van der Waals surface area contributed by atoms with Gasteiger partial charge in [-0.3, -0.25) is 0 Å². The van der Waals surface area contributed by atoms with Crippen molar-refractivity contribution in [1.82, 2.24) is 4.90 Å². The van der Waals surface area contributed by atoms with Crippen LogP contribution in [0.4, 0.5) is 0 Å². The first-order valence-corrected chi connectivity index (χ1v) is 5.21. The van der Waals surface area contributed by atoms with E-state index in [1.807, 2.05) is 0 Å². The molecule has 0 aromatic rings. The molecule has 1 nitrogen and oxygen atoms in total. The number of hydrogen-bond donors (Lipinski definition) is 0. The summed E-state index contributed by atoms with van der Waals surface area (Å²) < 4.78 is 0. The predicted octanol–water partition coefficient (Wildman–Crippen LogP) is 2.41. The van der Waals surface area contributed by atoms with Crippen molar-refractivity contribution in [2.75, 3.05) is 13.1 Å². The standard InChI is InChI=1S/C10H19N/c1-2-6-10(7-3-1)11-8-4-5-9-11/h10H,1-9H2. The van der Waals surface area contributed by atoms with E-state index in [2.05, 4.69) is 4.90 Å². The van der Waals surface area contributed by atoms with Crippen LogP contribution in [0.2, 0.25) is 0 Å². The maximum absolute atomic E-state index is 2.72. The van der Waals surface area contributed by atoms with E-state index in [0.29, 0.717) is 0 Å². The maximum atomic E-state index is 2.72. The van der Waals surface area contributed by atoms with E-state index in [-0.39, 0.29) is 0 Å². The first-order valence-electron chi connectivity index (χ1n) is 5.21. The van der Waals surface area contributed by atoms with Gasteiger partial charge in [0.2, 0.25) is 0 Å². The quantitative estimate of drug-likeness (QED) is 0.559. The predicted molar refractivity (Wildman–Crippen MR) is 47.7 cm³/mol. The first kappa shape index (κ1) is 7.60. The lowest BCUT2D eigenvalue weighted by Gasteiger charge is -2.30. The molecule has 0 N–H and O–H groups in total. The van der Waals surface area contributed by atoms with E-state index in [9.17, 15) is 0 Å². The van der Waals surface area contributed by atoms with Gasteiger partial charge in [0, 0.05) is 6.04 Å². The van der Waals surface area contributed by atoms with Crippen molar-refractivity contribution in [1.29, 1.82) is 0 Å². The minimum Gasteiger partial charge on any atom is -0.300 e. The normalized spacial score (nSPS) is 29.5. The molecule has 0 atom stereocenters. The summed E-state index contributed by atoms with van der Waals surface area (Å²) in [5.41, 5.74) is 0. The van der Waals surface area contributed by atoms with Crippen LogP contribution in [0.15, 0.2) is 0 Å². The molecule has 0 unspecified atom stereocenters. The van der Waals surface area contributed by atoms with Crippen LogP contribution in [0.3, 0.4) is 0 Å². The molecule has 0 aromatic heterocycles. The minimum absolute atomic E-state index is 0.978. The number of nitrogens with zero attached hydrogens (tertiary/aromatic N) is 1. The zero-order valence-electron chi connectivity index (χ0n) is 7.39. The molecule has 0 aromatic carbocycles. The molecule has 0 bridgehead atoms. The molecule has 11 heavy (non-hydrogen) atoms. The van der Waals surface area contributed by atoms with Gasteiger partial charge in [-0.15, -0.1) is 0 Å². The highest BCUT2D eigenvalue weighted by atomic mass is 15.2. The highest BCUT2D eigenvalue weighted by molar-refractivity contribution is 4.78. The van der Waals surface area contributed by atoms with E-state index < -0.39 is 0 Å². The summed E-state index contributed by atoms with van der Waals surface area (Å²) in [6, 6.07) is 0.978. The van der Waals surface area contributed by atoms with Crippen LogP contribution in [-0.2, 0) is 0 Å². The molecule has 0 radical (unpaired) electrons. The molecule has 1 saturated carbocycles. The van der Waals surface area contributed by atoms with Crippen molar-refractivity contribution >= 4 is 0 Å². The lowest BCUT2D eigenvalue weighted by molar-refractivity contribution is 0.191.